The van der Waals surface area contributed by atoms with Crippen molar-refractivity contribution in [2.75, 3.05) is 13.1 Å². The third-order valence-corrected chi connectivity index (χ3v) is 3.32. The van der Waals surface area contributed by atoms with E-state index < -0.39 is 0 Å². The van der Waals surface area contributed by atoms with Crippen molar-refractivity contribution in [3.63, 3.8) is 0 Å². The summed E-state index contributed by atoms with van der Waals surface area (Å²) in [6.07, 6.45) is 2.30. The first-order chi connectivity index (χ1) is 8.71. The Morgan fingerprint density at radius 1 is 1.39 bits per heavy atom. The molecule has 1 rings (SSSR count). The summed E-state index contributed by atoms with van der Waals surface area (Å²) in [5.74, 6) is 0.963. The van der Waals surface area contributed by atoms with E-state index in [1.54, 1.807) is 0 Å². The van der Waals surface area contributed by atoms with Crippen LogP contribution in [-0.2, 0) is 13.1 Å². The minimum absolute atomic E-state index is 0.585. The summed E-state index contributed by atoms with van der Waals surface area (Å²) >= 11 is 0. The highest BCUT2D eigenvalue weighted by Crippen LogP contribution is 2.11. The molecule has 104 valence electrons. The van der Waals surface area contributed by atoms with Crippen LogP contribution in [-0.4, -0.2) is 29.2 Å². The third-order valence-electron chi connectivity index (χ3n) is 3.32. The second-order valence-corrected chi connectivity index (χ2v) is 4.78. The lowest BCUT2D eigenvalue weighted by molar-refractivity contribution is 0.183. The van der Waals surface area contributed by atoms with E-state index in [0.717, 1.165) is 50.5 Å². The summed E-state index contributed by atoms with van der Waals surface area (Å²) in [4.78, 5) is 2.41. The van der Waals surface area contributed by atoms with Gasteiger partial charge in [-0.2, -0.15) is 0 Å². The topological polar surface area (TPSA) is 41.3 Å². The van der Waals surface area contributed by atoms with Crippen LogP contribution in [0, 0.1) is 0 Å². The second kappa shape index (κ2) is 8.27. The molecule has 0 aliphatic rings. The number of nitrogens with one attached hydrogen (secondary N) is 1. The average Bonchev–Trinajstić information content (AvgIpc) is 2.83. The van der Waals surface area contributed by atoms with Gasteiger partial charge < -0.3 is 9.84 Å². The van der Waals surface area contributed by atoms with Gasteiger partial charge in [-0.3, -0.25) is 4.90 Å². The molecule has 0 spiro atoms. The fourth-order valence-electron chi connectivity index (χ4n) is 1.94. The molecule has 0 bridgehead atoms. The van der Waals surface area contributed by atoms with Crippen LogP contribution in [0.4, 0.5) is 0 Å². The molecule has 0 saturated heterocycles. The van der Waals surface area contributed by atoms with Gasteiger partial charge in [0.25, 0.3) is 0 Å². The van der Waals surface area contributed by atoms with Gasteiger partial charge in [0.2, 0.25) is 0 Å². The van der Waals surface area contributed by atoms with Crippen molar-refractivity contribution in [1.29, 1.82) is 0 Å². The van der Waals surface area contributed by atoms with Gasteiger partial charge in [0, 0.05) is 18.7 Å². The third kappa shape index (κ3) is 4.78. The van der Waals surface area contributed by atoms with Crippen LogP contribution in [0.25, 0.3) is 0 Å². The highest BCUT2D eigenvalue weighted by atomic mass is 16.5. The van der Waals surface area contributed by atoms with Crippen molar-refractivity contribution in [3.05, 3.63) is 17.5 Å². The maximum atomic E-state index is 5.39. The molecule has 0 aliphatic carbocycles. The monoisotopic (exact) mass is 253 g/mol. The minimum atomic E-state index is 0.585. The molecule has 0 aliphatic heterocycles. The van der Waals surface area contributed by atoms with Crippen LogP contribution in [0.1, 0.15) is 52.0 Å². The number of rotatable bonds is 9. The molecule has 4 heteroatoms. The molecule has 4 nitrogen and oxygen atoms in total. The van der Waals surface area contributed by atoms with E-state index in [0.29, 0.717) is 6.04 Å². The Labute approximate surface area is 111 Å². The Kier molecular flexibility index (Phi) is 6.98. The molecular formula is C14H27N3O. The highest BCUT2D eigenvalue weighted by molar-refractivity contribution is 5.05. The molecule has 0 fully saturated rings. The summed E-state index contributed by atoms with van der Waals surface area (Å²) in [5.41, 5.74) is 0.999. The van der Waals surface area contributed by atoms with E-state index in [9.17, 15) is 0 Å². The molecule has 1 atom stereocenters. The minimum Gasteiger partial charge on any atom is -0.360 e. The summed E-state index contributed by atoms with van der Waals surface area (Å²) in [6, 6.07) is 2.65. The van der Waals surface area contributed by atoms with Crippen molar-refractivity contribution >= 4 is 0 Å². The normalized spacial score (nSPS) is 13.2. The van der Waals surface area contributed by atoms with Crippen LogP contribution in [0.3, 0.4) is 0 Å². The number of aromatic nitrogens is 1. The summed E-state index contributed by atoms with van der Waals surface area (Å²) in [7, 11) is 0. The van der Waals surface area contributed by atoms with E-state index in [-0.39, 0.29) is 0 Å². The van der Waals surface area contributed by atoms with Gasteiger partial charge in [0.1, 0.15) is 0 Å². The Balaban J connectivity index is 2.46. The summed E-state index contributed by atoms with van der Waals surface area (Å²) < 4.78 is 5.39. The molecule has 1 aromatic heterocycles. The first kappa shape index (κ1) is 15.2. The second-order valence-electron chi connectivity index (χ2n) is 4.78. The Hall–Kier alpha value is -0.870. The fraction of sp³-hybridized carbons (Fsp3) is 0.786. The first-order valence-corrected chi connectivity index (χ1v) is 7.10. The van der Waals surface area contributed by atoms with Crippen LogP contribution in [0.2, 0.25) is 0 Å². The van der Waals surface area contributed by atoms with E-state index in [1.165, 1.54) is 0 Å². The molecule has 1 heterocycles. The largest absolute Gasteiger partial charge is 0.360 e. The maximum absolute atomic E-state index is 5.39. The lowest BCUT2D eigenvalue weighted by Crippen LogP contribution is -2.31. The first-order valence-electron chi connectivity index (χ1n) is 7.10. The van der Waals surface area contributed by atoms with Crippen LogP contribution < -0.4 is 5.32 Å². The Morgan fingerprint density at radius 3 is 2.78 bits per heavy atom. The van der Waals surface area contributed by atoms with E-state index >= 15 is 0 Å². The van der Waals surface area contributed by atoms with Gasteiger partial charge >= 0.3 is 0 Å². The van der Waals surface area contributed by atoms with Crippen LogP contribution in [0.15, 0.2) is 10.6 Å². The SMILES string of the molecule is CCCNCc1cc(CN(CC)C(C)CC)on1. The number of nitrogens with zero attached hydrogens (tertiary/aromatic N) is 2. The lowest BCUT2D eigenvalue weighted by Gasteiger charge is -2.25. The maximum Gasteiger partial charge on any atom is 0.151 e. The van der Waals surface area contributed by atoms with Crippen molar-refractivity contribution in [3.8, 4) is 0 Å². The fourth-order valence-corrected chi connectivity index (χ4v) is 1.94. The Bertz CT molecular complexity index is 325. The summed E-state index contributed by atoms with van der Waals surface area (Å²) in [6.45, 7) is 12.5. The smallest absolute Gasteiger partial charge is 0.151 e. The molecule has 1 unspecified atom stereocenters. The summed E-state index contributed by atoms with van der Waals surface area (Å²) in [5, 5.41) is 7.43. The van der Waals surface area contributed by atoms with Crippen LogP contribution >= 0.6 is 0 Å². The van der Waals surface area contributed by atoms with Gasteiger partial charge in [0.05, 0.1) is 12.2 Å². The van der Waals surface area contributed by atoms with E-state index in [1.807, 2.05) is 0 Å². The molecular weight excluding hydrogens is 226 g/mol. The molecule has 1 aromatic rings. The van der Waals surface area contributed by atoms with Gasteiger partial charge in [-0.05, 0) is 32.9 Å². The van der Waals surface area contributed by atoms with Crippen LogP contribution in [0.5, 0.6) is 0 Å². The molecule has 1 N–H and O–H groups in total. The molecule has 0 amide bonds. The molecule has 0 radical (unpaired) electrons. The molecule has 0 saturated carbocycles. The standard InChI is InChI=1S/C14H27N3O/c1-5-8-15-10-13-9-14(18-16-13)11-17(7-3)12(4)6-2/h9,12,15H,5-8,10-11H2,1-4H3. The highest BCUT2D eigenvalue weighted by Gasteiger charge is 2.13. The Morgan fingerprint density at radius 2 is 2.17 bits per heavy atom. The predicted octanol–water partition coefficient (Wildman–Crippen LogP) is 2.79. The zero-order chi connectivity index (χ0) is 13.4. The van der Waals surface area contributed by atoms with Crippen molar-refractivity contribution in [2.45, 2.75) is 59.7 Å². The number of hydrogen-bond donors (Lipinski definition) is 1. The van der Waals surface area contributed by atoms with Gasteiger partial charge in [0.15, 0.2) is 5.76 Å². The average molecular weight is 253 g/mol. The van der Waals surface area contributed by atoms with E-state index in [4.69, 9.17) is 4.52 Å². The lowest BCUT2D eigenvalue weighted by atomic mass is 10.2. The van der Waals surface area contributed by atoms with Crippen molar-refractivity contribution in [2.24, 2.45) is 0 Å². The van der Waals surface area contributed by atoms with Gasteiger partial charge in [-0.15, -0.1) is 0 Å². The predicted molar refractivity (Wildman–Crippen MR) is 74.3 cm³/mol. The number of hydrogen-bond acceptors (Lipinski definition) is 4. The van der Waals surface area contributed by atoms with E-state index in [2.05, 4.69) is 49.1 Å². The zero-order valence-electron chi connectivity index (χ0n) is 12.2. The van der Waals surface area contributed by atoms with Crippen molar-refractivity contribution in [1.82, 2.24) is 15.4 Å². The van der Waals surface area contributed by atoms with Gasteiger partial charge in [-0.1, -0.05) is 25.9 Å². The molecule has 0 aromatic carbocycles. The quantitative estimate of drug-likeness (QED) is 0.687. The molecule has 18 heavy (non-hydrogen) atoms. The zero-order valence-corrected chi connectivity index (χ0v) is 12.2. The van der Waals surface area contributed by atoms with Crippen molar-refractivity contribution < 1.29 is 4.52 Å². The van der Waals surface area contributed by atoms with Gasteiger partial charge in [-0.25, -0.2) is 0 Å².